The van der Waals surface area contributed by atoms with E-state index in [0.29, 0.717) is 16.7 Å². The van der Waals surface area contributed by atoms with Crippen molar-refractivity contribution < 1.29 is 13.2 Å². The van der Waals surface area contributed by atoms with Gasteiger partial charge in [-0.2, -0.15) is 0 Å². The Bertz CT molecular complexity index is 1050. The first-order valence-electron chi connectivity index (χ1n) is 8.08. The molecule has 0 bridgehead atoms. The SMILES string of the molecule is [B]c1cc2c(NCC)ncnc2cc1OCc1cccc(S(C)(=O)=O)c1. The number of anilines is 1. The maximum Gasteiger partial charge on any atom is 0.175 e. The lowest BCUT2D eigenvalue weighted by atomic mass is 9.93. The highest BCUT2D eigenvalue weighted by atomic mass is 32.2. The van der Waals surface area contributed by atoms with E-state index in [9.17, 15) is 8.42 Å². The molecule has 2 radical (unpaired) electrons. The van der Waals surface area contributed by atoms with E-state index >= 15 is 0 Å². The molecule has 3 rings (SSSR count). The Morgan fingerprint density at radius 2 is 2.00 bits per heavy atom. The van der Waals surface area contributed by atoms with E-state index < -0.39 is 9.84 Å². The number of rotatable bonds is 6. The van der Waals surface area contributed by atoms with E-state index in [1.54, 1.807) is 36.4 Å². The van der Waals surface area contributed by atoms with Crippen LogP contribution in [0.4, 0.5) is 5.82 Å². The first-order chi connectivity index (χ1) is 12.4. The summed E-state index contributed by atoms with van der Waals surface area (Å²) < 4.78 is 29.1. The molecule has 1 aromatic heterocycles. The Kier molecular flexibility index (Phi) is 5.13. The molecule has 8 heteroatoms. The Morgan fingerprint density at radius 1 is 1.19 bits per heavy atom. The number of nitrogens with one attached hydrogen (secondary N) is 1. The van der Waals surface area contributed by atoms with Crippen LogP contribution in [0.15, 0.2) is 47.6 Å². The van der Waals surface area contributed by atoms with E-state index in [-0.39, 0.29) is 11.5 Å². The average molecular weight is 367 g/mol. The molecule has 0 aliphatic heterocycles. The molecular formula is C18H18BN3O3S. The van der Waals surface area contributed by atoms with E-state index in [1.807, 2.05) is 6.92 Å². The van der Waals surface area contributed by atoms with E-state index in [1.165, 1.54) is 12.6 Å². The minimum Gasteiger partial charge on any atom is -0.489 e. The van der Waals surface area contributed by atoms with E-state index in [2.05, 4.69) is 15.3 Å². The van der Waals surface area contributed by atoms with Gasteiger partial charge in [0.15, 0.2) is 9.84 Å². The zero-order valence-electron chi connectivity index (χ0n) is 14.6. The van der Waals surface area contributed by atoms with Gasteiger partial charge in [0.25, 0.3) is 0 Å². The first kappa shape index (κ1) is 18.2. The van der Waals surface area contributed by atoms with Crippen molar-refractivity contribution >= 4 is 39.9 Å². The van der Waals surface area contributed by atoms with Gasteiger partial charge < -0.3 is 10.1 Å². The van der Waals surface area contributed by atoms with Crippen LogP contribution >= 0.6 is 0 Å². The molecule has 0 aliphatic rings. The zero-order valence-corrected chi connectivity index (χ0v) is 15.4. The third-order valence-corrected chi connectivity index (χ3v) is 4.94. The predicted octanol–water partition coefficient (Wildman–Crippen LogP) is 1.84. The second-order valence-electron chi connectivity index (χ2n) is 5.87. The number of benzene rings is 2. The van der Waals surface area contributed by atoms with Crippen molar-refractivity contribution in [1.82, 2.24) is 9.97 Å². The molecule has 6 nitrogen and oxygen atoms in total. The molecule has 0 saturated carbocycles. The van der Waals surface area contributed by atoms with Gasteiger partial charge in [-0.15, -0.1) is 0 Å². The number of fused-ring (bicyclic) bond motifs is 1. The fourth-order valence-electron chi connectivity index (χ4n) is 2.56. The Labute approximate surface area is 154 Å². The second-order valence-corrected chi connectivity index (χ2v) is 7.88. The summed E-state index contributed by atoms with van der Waals surface area (Å²) in [6.07, 6.45) is 2.66. The minimum atomic E-state index is -3.26. The Morgan fingerprint density at radius 3 is 2.73 bits per heavy atom. The summed E-state index contributed by atoms with van der Waals surface area (Å²) >= 11 is 0. The molecule has 1 N–H and O–H groups in total. The molecule has 2 aromatic carbocycles. The van der Waals surface area contributed by atoms with Gasteiger partial charge in [0.05, 0.1) is 10.4 Å². The number of ether oxygens (including phenoxy) is 1. The maximum atomic E-state index is 11.7. The number of aromatic nitrogens is 2. The molecule has 1 heterocycles. The molecule has 0 spiro atoms. The molecule has 0 aliphatic carbocycles. The smallest absolute Gasteiger partial charge is 0.175 e. The molecular weight excluding hydrogens is 349 g/mol. The third kappa shape index (κ3) is 3.96. The Balaban J connectivity index is 1.87. The molecule has 132 valence electrons. The summed E-state index contributed by atoms with van der Waals surface area (Å²) in [4.78, 5) is 8.74. The van der Waals surface area contributed by atoms with Gasteiger partial charge in [0, 0.05) is 24.3 Å². The molecule has 0 atom stereocenters. The normalized spacial score (nSPS) is 11.5. The van der Waals surface area contributed by atoms with Crippen LogP contribution in [0, 0.1) is 0 Å². The minimum absolute atomic E-state index is 0.199. The van der Waals surface area contributed by atoms with Crippen molar-refractivity contribution in [3.63, 3.8) is 0 Å². The van der Waals surface area contributed by atoms with Crippen LogP contribution in [-0.4, -0.2) is 39.0 Å². The molecule has 3 aromatic rings. The predicted molar refractivity (Wildman–Crippen MR) is 103 cm³/mol. The van der Waals surface area contributed by atoms with E-state index in [4.69, 9.17) is 12.6 Å². The first-order valence-corrected chi connectivity index (χ1v) is 9.97. The lowest BCUT2D eigenvalue weighted by Crippen LogP contribution is -2.11. The summed E-state index contributed by atoms with van der Waals surface area (Å²) in [5.74, 6) is 1.21. The average Bonchev–Trinajstić information content (AvgIpc) is 2.60. The standard InChI is InChI=1S/C18H18BN3O3S/c1-3-20-18-14-8-15(19)17(9-16(14)21-11-22-18)25-10-12-5-4-6-13(7-12)26(2,23)24/h4-9,11H,3,10H2,1-2H3,(H,20,21,22). The largest absolute Gasteiger partial charge is 0.489 e. The second kappa shape index (κ2) is 7.33. The topological polar surface area (TPSA) is 81.2 Å². The maximum absolute atomic E-state index is 11.7. The summed E-state index contributed by atoms with van der Waals surface area (Å²) in [6, 6.07) is 10.2. The van der Waals surface area contributed by atoms with Gasteiger partial charge >= 0.3 is 0 Å². The van der Waals surface area contributed by atoms with Crippen molar-refractivity contribution in [2.75, 3.05) is 18.1 Å². The molecule has 0 saturated heterocycles. The van der Waals surface area contributed by atoms with Crippen LogP contribution in [0.5, 0.6) is 5.75 Å². The molecule has 0 fully saturated rings. The van der Waals surface area contributed by atoms with Gasteiger partial charge in [-0.05, 0) is 24.6 Å². The number of nitrogens with zero attached hydrogens (tertiary/aromatic N) is 2. The van der Waals surface area contributed by atoms with Crippen LogP contribution in [0.2, 0.25) is 0 Å². The molecule has 0 unspecified atom stereocenters. The van der Waals surface area contributed by atoms with Crippen LogP contribution in [0.3, 0.4) is 0 Å². The number of hydrogen-bond acceptors (Lipinski definition) is 6. The third-order valence-electron chi connectivity index (χ3n) is 3.83. The van der Waals surface area contributed by atoms with Gasteiger partial charge in [-0.25, -0.2) is 18.4 Å². The highest BCUT2D eigenvalue weighted by Gasteiger charge is 2.10. The number of sulfone groups is 1. The highest BCUT2D eigenvalue weighted by Crippen LogP contribution is 2.23. The van der Waals surface area contributed by atoms with Gasteiger partial charge in [-0.1, -0.05) is 23.7 Å². The number of hydrogen-bond donors (Lipinski definition) is 1. The van der Waals surface area contributed by atoms with Crippen LogP contribution < -0.4 is 15.5 Å². The van der Waals surface area contributed by atoms with Crippen LogP contribution in [-0.2, 0) is 16.4 Å². The summed E-state index contributed by atoms with van der Waals surface area (Å²) in [7, 11) is 2.85. The quantitative estimate of drug-likeness (QED) is 0.670. The van der Waals surface area contributed by atoms with Crippen molar-refractivity contribution in [1.29, 1.82) is 0 Å². The van der Waals surface area contributed by atoms with Gasteiger partial charge in [0.2, 0.25) is 0 Å². The summed E-state index contributed by atoms with van der Waals surface area (Å²) in [6.45, 7) is 2.92. The Hall–Kier alpha value is -2.61. The van der Waals surface area contributed by atoms with Crippen molar-refractivity contribution in [2.24, 2.45) is 0 Å². The van der Waals surface area contributed by atoms with Crippen molar-refractivity contribution in [2.45, 2.75) is 18.4 Å². The van der Waals surface area contributed by atoms with Crippen LogP contribution in [0.25, 0.3) is 10.9 Å². The summed E-state index contributed by atoms with van der Waals surface area (Å²) in [5, 5.41) is 3.99. The monoisotopic (exact) mass is 367 g/mol. The fourth-order valence-corrected chi connectivity index (χ4v) is 3.25. The lowest BCUT2D eigenvalue weighted by Gasteiger charge is -2.13. The van der Waals surface area contributed by atoms with Crippen molar-refractivity contribution in [3.05, 3.63) is 48.3 Å². The zero-order chi connectivity index (χ0) is 18.7. The lowest BCUT2D eigenvalue weighted by molar-refractivity contribution is 0.309. The van der Waals surface area contributed by atoms with Crippen molar-refractivity contribution in [3.8, 4) is 5.75 Å². The van der Waals surface area contributed by atoms with Gasteiger partial charge in [-0.3, -0.25) is 0 Å². The highest BCUT2D eigenvalue weighted by molar-refractivity contribution is 7.90. The van der Waals surface area contributed by atoms with Crippen LogP contribution in [0.1, 0.15) is 12.5 Å². The van der Waals surface area contributed by atoms with Gasteiger partial charge in [0.1, 0.15) is 32.3 Å². The molecule has 26 heavy (non-hydrogen) atoms. The summed E-state index contributed by atoms with van der Waals surface area (Å²) in [5.41, 5.74) is 1.92. The fraction of sp³-hybridized carbons (Fsp3) is 0.222. The molecule has 0 amide bonds. The van der Waals surface area contributed by atoms with E-state index in [0.717, 1.165) is 23.3 Å².